The van der Waals surface area contributed by atoms with Crippen LogP contribution in [0, 0.1) is 0 Å². The Kier molecular flexibility index (Phi) is 2.56. The lowest BCUT2D eigenvalue weighted by Crippen LogP contribution is -2.04. The van der Waals surface area contributed by atoms with Crippen molar-refractivity contribution in [2.45, 2.75) is 30.6 Å². The summed E-state index contributed by atoms with van der Waals surface area (Å²) < 4.78 is 0. The Hall–Kier alpha value is -1.08. The minimum Gasteiger partial charge on any atom is -0.256 e. The van der Waals surface area contributed by atoms with E-state index in [2.05, 4.69) is 29.2 Å². The Labute approximate surface area is 100 Å². The number of pyridine rings is 1. The first kappa shape index (κ1) is 10.1. The van der Waals surface area contributed by atoms with Gasteiger partial charge in [0.1, 0.15) is 0 Å². The summed E-state index contributed by atoms with van der Waals surface area (Å²) in [6.45, 7) is 0. The van der Waals surface area contributed by atoms with Crippen molar-refractivity contribution in [1.82, 2.24) is 4.98 Å². The van der Waals surface area contributed by atoms with Gasteiger partial charge in [0.05, 0.1) is 5.52 Å². The van der Waals surface area contributed by atoms with Gasteiger partial charge in [-0.25, -0.2) is 0 Å². The molecule has 1 aliphatic rings. The van der Waals surface area contributed by atoms with Crippen LogP contribution in [0.4, 0.5) is 0 Å². The molecule has 2 aromatic rings. The van der Waals surface area contributed by atoms with E-state index in [0.29, 0.717) is 11.3 Å². The number of alkyl halides is 1. The second-order valence-corrected chi connectivity index (χ2v) is 5.07. The molecule has 1 aromatic heterocycles. The molecule has 1 aromatic carbocycles. The standard InChI is InChI=1S/C14H14ClN/c15-13-5-1-4-12(13)10-6-7-14-11(9-10)3-2-8-16-14/h2-3,6-9,12-13H,1,4-5H2. The zero-order valence-electron chi connectivity index (χ0n) is 9.07. The highest BCUT2D eigenvalue weighted by Crippen LogP contribution is 2.38. The fourth-order valence-corrected chi connectivity index (χ4v) is 3.04. The van der Waals surface area contributed by atoms with Gasteiger partial charge in [-0.1, -0.05) is 18.6 Å². The van der Waals surface area contributed by atoms with Crippen molar-refractivity contribution >= 4 is 22.5 Å². The number of halogens is 1. The van der Waals surface area contributed by atoms with Crippen LogP contribution >= 0.6 is 11.6 Å². The first-order valence-corrected chi connectivity index (χ1v) is 6.27. The Morgan fingerprint density at radius 2 is 2.12 bits per heavy atom. The normalized spacial score (nSPS) is 25.1. The third kappa shape index (κ3) is 1.69. The summed E-state index contributed by atoms with van der Waals surface area (Å²) >= 11 is 6.35. The fraction of sp³-hybridized carbons (Fsp3) is 0.357. The largest absolute Gasteiger partial charge is 0.256 e. The van der Waals surface area contributed by atoms with Crippen LogP contribution in [-0.4, -0.2) is 10.4 Å². The van der Waals surface area contributed by atoms with Crippen LogP contribution < -0.4 is 0 Å². The molecule has 0 radical (unpaired) electrons. The van der Waals surface area contributed by atoms with Crippen molar-refractivity contribution < 1.29 is 0 Å². The van der Waals surface area contributed by atoms with Gasteiger partial charge >= 0.3 is 0 Å². The lowest BCUT2D eigenvalue weighted by atomic mass is 9.96. The number of nitrogens with zero attached hydrogens (tertiary/aromatic N) is 1. The molecule has 0 N–H and O–H groups in total. The molecule has 0 amide bonds. The van der Waals surface area contributed by atoms with Gasteiger partial charge in [0.2, 0.25) is 0 Å². The third-order valence-corrected chi connectivity index (χ3v) is 4.01. The van der Waals surface area contributed by atoms with Crippen LogP contribution in [0.5, 0.6) is 0 Å². The lowest BCUT2D eigenvalue weighted by molar-refractivity contribution is 0.731. The maximum atomic E-state index is 6.35. The minimum atomic E-state index is 0.314. The van der Waals surface area contributed by atoms with Gasteiger partial charge in [0.25, 0.3) is 0 Å². The molecule has 0 saturated heterocycles. The molecule has 2 unspecified atom stereocenters. The van der Waals surface area contributed by atoms with Crippen molar-refractivity contribution in [3.05, 3.63) is 42.1 Å². The quantitative estimate of drug-likeness (QED) is 0.673. The number of rotatable bonds is 1. The first-order chi connectivity index (χ1) is 7.84. The van der Waals surface area contributed by atoms with Gasteiger partial charge in [0, 0.05) is 22.9 Å². The molecule has 2 heteroatoms. The van der Waals surface area contributed by atoms with Crippen LogP contribution in [-0.2, 0) is 0 Å². The summed E-state index contributed by atoms with van der Waals surface area (Å²) in [5, 5.41) is 1.53. The molecule has 1 saturated carbocycles. The summed E-state index contributed by atoms with van der Waals surface area (Å²) in [5.74, 6) is 0.534. The highest BCUT2D eigenvalue weighted by Gasteiger charge is 2.26. The number of benzene rings is 1. The third-order valence-electron chi connectivity index (χ3n) is 3.49. The van der Waals surface area contributed by atoms with Crippen LogP contribution in [0.2, 0.25) is 0 Å². The summed E-state index contributed by atoms with van der Waals surface area (Å²) in [7, 11) is 0. The Morgan fingerprint density at radius 1 is 1.19 bits per heavy atom. The van der Waals surface area contributed by atoms with E-state index in [1.165, 1.54) is 23.8 Å². The van der Waals surface area contributed by atoms with Crippen LogP contribution in [0.3, 0.4) is 0 Å². The highest BCUT2D eigenvalue weighted by atomic mass is 35.5. The molecule has 0 spiro atoms. The Bertz CT molecular complexity index is 509. The predicted molar refractivity (Wildman–Crippen MR) is 68.0 cm³/mol. The average Bonchev–Trinajstić information content (AvgIpc) is 2.75. The van der Waals surface area contributed by atoms with E-state index >= 15 is 0 Å². The van der Waals surface area contributed by atoms with Gasteiger partial charge in [-0.2, -0.15) is 0 Å². The fourth-order valence-electron chi connectivity index (χ4n) is 2.62. The molecule has 2 atom stereocenters. The molecule has 0 bridgehead atoms. The van der Waals surface area contributed by atoms with E-state index < -0.39 is 0 Å². The van der Waals surface area contributed by atoms with E-state index in [1.807, 2.05) is 12.3 Å². The molecule has 1 heterocycles. The van der Waals surface area contributed by atoms with E-state index in [1.54, 1.807) is 0 Å². The van der Waals surface area contributed by atoms with Crippen molar-refractivity contribution in [2.75, 3.05) is 0 Å². The van der Waals surface area contributed by atoms with E-state index in [4.69, 9.17) is 11.6 Å². The van der Waals surface area contributed by atoms with Gasteiger partial charge in [-0.05, 0) is 36.6 Å². The molecule has 1 nitrogen and oxygen atoms in total. The smallest absolute Gasteiger partial charge is 0.0702 e. The zero-order valence-corrected chi connectivity index (χ0v) is 9.82. The summed E-state index contributed by atoms with van der Waals surface area (Å²) in [6.07, 6.45) is 5.46. The lowest BCUT2D eigenvalue weighted by Gasteiger charge is -2.14. The molecular weight excluding hydrogens is 218 g/mol. The molecule has 16 heavy (non-hydrogen) atoms. The first-order valence-electron chi connectivity index (χ1n) is 5.83. The summed E-state index contributed by atoms with van der Waals surface area (Å²) in [4.78, 5) is 4.33. The van der Waals surface area contributed by atoms with Crippen molar-refractivity contribution in [1.29, 1.82) is 0 Å². The maximum Gasteiger partial charge on any atom is 0.0702 e. The number of hydrogen-bond acceptors (Lipinski definition) is 1. The van der Waals surface area contributed by atoms with E-state index in [9.17, 15) is 0 Å². The van der Waals surface area contributed by atoms with E-state index in [-0.39, 0.29) is 0 Å². The van der Waals surface area contributed by atoms with Crippen LogP contribution in [0.15, 0.2) is 36.5 Å². The molecule has 82 valence electrons. The Balaban J connectivity index is 2.04. The summed E-state index contributed by atoms with van der Waals surface area (Å²) in [5.41, 5.74) is 2.44. The van der Waals surface area contributed by atoms with Gasteiger partial charge in [-0.15, -0.1) is 11.6 Å². The number of aromatic nitrogens is 1. The van der Waals surface area contributed by atoms with Crippen molar-refractivity contribution in [3.63, 3.8) is 0 Å². The van der Waals surface area contributed by atoms with Crippen LogP contribution in [0.1, 0.15) is 30.7 Å². The molecular formula is C14H14ClN. The minimum absolute atomic E-state index is 0.314. The molecule has 1 fully saturated rings. The van der Waals surface area contributed by atoms with Crippen molar-refractivity contribution in [3.8, 4) is 0 Å². The average molecular weight is 232 g/mol. The predicted octanol–water partition coefficient (Wildman–Crippen LogP) is 4.11. The monoisotopic (exact) mass is 231 g/mol. The second-order valence-electron chi connectivity index (χ2n) is 4.51. The van der Waals surface area contributed by atoms with Gasteiger partial charge < -0.3 is 0 Å². The number of hydrogen-bond donors (Lipinski definition) is 0. The maximum absolute atomic E-state index is 6.35. The molecule has 1 aliphatic carbocycles. The zero-order chi connectivity index (χ0) is 11.0. The molecule has 0 aliphatic heterocycles. The van der Waals surface area contributed by atoms with Crippen LogP contribution in [0.25, 0.3) is 10.9 Å². The number of fused-ring (bicyclic) bond motifs is 1. The summed E-state index contributed by atoms with van der Waals surface area (Å²) in [6, 6.07) is 10.6. The molecule has 3 rings (SSSR count). The second kappa shape index (κ2) is 4.06. The highest BCUT2D eigenvalue weighted by molar-refractivity contribution is 6.21. The van der Waals surface area contributed by atoms with Crippen molar-refractivity contribution in [2.24, 2.45) is 0 Å². The topological polar surface area (TPSA) is 12.9 Å². The van der Waals surface area contributed by atoms with E-state index in [0.717, 1.165) is 11.9 Å². The Morgan fingerprint density at radius 3 is 2.94 bits per heavy atom. The van der Waals surface area contributed by atoms with Gasteiger partial charge in [0.15, 0.2) is 0 Å². The van der Waals surface area contributed by atoms with Gasteiger partial charge in [-0.3, -0.25) is 4.98 Å². The SMILES string of the molecule is ClC1CCCC1c1ccc2ncccc2c1.